The molecule has 0 radical (unpaired) electrons. The van der Waals surface area contributed by atoms with Crippen molar-refractivity contribution >= 4 is 28.8 Å². The molecule has 2 heterocycles. The molecule has 0 fully saturated rings. The minimum absolute atomic E-state index is 0.114. The molecule has 1 aliphatic heterocycles. The summed E-state index contributed by atoms with van der Waals surface area (Å²) in [4.78, 5) is 32.5. The molecule has 0 bridgehead atoms. The van der Waals surface area contributed by atoms with E-state index in [1.54, 1.807) is 25.3 Å². The van der Waals surface area contributed by atoms with Gasteiger partial charge in [0.05, 0.1) is 25.8 Å². The summed E-state index contributed by atoms with van der Waals surface area (Å²) in [5.74, 6) is 1.50. The molecule has 3 aromatic carbocycles. The van der Waals surface area contributed by atoms with Crippen LogP contribution in [0.1, 0.15) is 10.6 Å². The van der Waals surface area contributed by atoms with Crippen molar-refractivity contribution in [3.05, 3.63) is 88.7 Å². The number of methoxy groups -OCH3 is 1. The van der Waals surface area contributed by atoms with Crippen LogP contribution in [0.3, 0.4) is 0 Å². The largest absolute Gasteiger partial charge is 0.497 e. The average molecular weight is 516 g/mol. The fraction of sp³-hybridized carbons (Fsp3) is 0.179. The molecule has 1 aromatic heterocycles. The third kappa shape index (κ3) is 6.07. The smallest absolute Gasteiger partial charge is 0.244 e. The van der Waals surface area contributed by atoms with Gasteiger partial charge in [-0.2, -0.15) is 0 Å². The fourth-order valence-electron chi connectivity index (χ4n) is 3.90. The molecule has 188 valence electrons. The Morgan fingerprint density at radius 1 is 1.03 bits per heavy atom. The third-order valence-electron chi connectivity index (χ3n) is 5.81. The van der Waals surface area contributed by atoms with E-state index in [2.05, 4.69) is 5.32 Å². The van der Waals surface area contributed by atoms with E-state index in [4.69, 9.17) is 19.2 Å². The molecule has 0 spiro atoms. The van der Waals surface area contributed by atoms with Gasteiger partial charge in [-0.05, 0) is 42.0 Å². The van der Waals surface area contributed by atoms with Gasteiger partial charge in [-0.1, -0.05) is 30.3 Å². The quantitative estimate of drug-likeness (QED) is 0.346. The highest BCUT2D eigenvalue weighted by Gasteiger charge is 2.21. The van der Waals surface area contributed by atoms with Crippen LogP contribution in [0, 0.1) is 0 Å². The summed E-state index contributed by atoms with van der Waals surface area (Å²) < 4.78 is 15.9. The zero-order valence-corrected chi connectivity index (χ0v) is 21.0. The summed E-state index contributed by atoms with van der Waals surface area (Å²) in [5, 5.41) is 5.54. The number of fused-ring (bicyclic) bond motifs is 1. The van der Waals surface area contributed by atoms with Crippen molar-refractivity contribution in [3.63, 3.8) is 0 Å². The molecule has 9 heteroatoms. The van der Waals surface area contributed by atoms with Gasteiger partial charge in [0.2, 0.25) is 18.6 Å². The first-order chi connectivity index (χ1) is 18.1. The molecule has 0 atom stereocenters. The number of amides is 2. The molecule has 8 nitrogen and oxygen atoms in total. The Labute approximate surface area is 218 Å². The number of ether oxygens (including phenoxy) is 3. The second-order valence-electron chi connectivity index (χ2n) is 8.38. The van der Waals surface area contributed by atoms with E-state index in [0.29, 0.717) is 17.2 Å². The first-order valence-electron chi connectivity index (χ1n) is 11.7. The van der Waals surface area contributed by atoms with Crippen molar-refractivity contribution in [2.24, 2.45) is 0 Å². The highest BCUT2D eigenvalue weighted by Crippen LogP contribution is 2.34. The number of carbonyl (C=O) groups excluding carboxylic acids is 2. The van der Waals surface area contributed by atoms with E-state index in [1.807, 2.05) is 60.0 Å². The fourth-order valence-corrected chi connectivity index (χ4v) is 4.72. The summed E-state index contributed by atoms with van der Waals surface area (Å²) >= 11 is 1.45. The van der Waals surface area contributed by atoms with Crippen molar-refractivity contribution in [1.29, 1.82) is 0 Å². The number of hydrogen-bond donors (Lipinski definition) is 1. The molecular formula is C28H25N3O5S. The lowest BCUT2D eigenvalue weighted by Crippen LogP contribution is -2.38. The summed E-state index contributed by atoms with van der Waals surface area (Å²) in [5.41, 5.74) is 3.21. The number of carbonyl (C=O) groups is 2. The van der Waals surface area contributed by atoms with E-state index < -0.39 is 0 Å². The lowest BCUT2D eigenvalue weighted by Gasteiger charge is -2.21. The van der Waals surface area contributed by atoms with Crippen LogP contribution in [0.5, 0.6) is 17.2 Å². The van der Waals surface area contributed by atoms with Crippen LogP contribution in [0.15, 0.2) is 78.2 Å². The number of nitrogens with one attached hydrogen (secondary N) is 1. The van der Waals surface area contributed by atoms with E-state index in [1.165, 1.54) is 16.2 Å². The minimum Gasteiger partial charge on any atom is -0.497 e. The number of hydrogen-bond acceptors (Lipinski definition) is 7. The van der Waals surface area contributed by atoms with E-state index in [-0.39, 0.29) is 38.1 Å². The Hall–Kier alpha value is -4.37. The van der Waals surface area contributed by atoms with Crippen LogP contribution in [0.4, 0.5) is 5.69 Å². The molecule has 1 aliphatic rings. The van der Waals surface area contributed by atoms with Crippen LogP contribution in [0.2, 0.25) is 0 Å². The minimum atomic E-state index is -0.313. The van der Waals surface area contributed by atoms with Gasteiger partial charge in [-0.25, -0.2) is 4.98 Å². The van der Waals surface area contributed by atoms with Crippen molar-refractivity contribution in [1.82, 2.24) is 9.88 Å². The number of aromatic nitrogens is 1. The Morgan fingerprint density at radius 3 is 2.59 bits per heavy atom. The molecule has 0 saturated carbocycles. The van der Waals surface area contributed by atoms with Crippen LogP contribution in [-0.4, -0.2) is 42.1 Å². The van der Waals surface area contributed by atoms with Gasteiger partial charge in [-0.3, -0.25) is 9.59 Å². The third-order valence-corrected chi connectivity index (χ3v) is 6.64. The van der Waals surface area contributed by atoms with Crippen LogP contribution in [-0.2, 0) is 22.6 Å². The van der Waals surface area contributed by atoms with E-state index in [0.717, 1.165) is 27.6 Å². The Kier molecular flexibility index (Phi) is 7.32. The number of benzene rings is 3. The monoisotopic (exact) mass is 515 g/mol. The maximum Gasteiger partial charge on any atom is 0.244 e. The number of anilines is 1. The van der Waals surface area contributed by atoms with E-state index in [9.17, 15) is 9.59 Å². The van der Waals surface area contributed by atoms with Gasteiger partial charge in [0.1, 0.15) is 17.3 Å². The van der Waals surface area contributed by atoms with E-state index >= 15 is 0 Å². The zero-order chi connectivity index (χ0) is 25.6. The lowest BCUT2D eigenvalue weighted by atomic mass is 10.1. The summed E-state index contributed by atoms with van der Waals surface area (Å²) in [6.07, 6.45) is 0.189. The van der Waals surface area contributed by atoms with Crippen LogP contribution >= 0.6 is 11.3 Å². The van der Waals surface area contributed by atoms with Crippen molar-refractivity contribution in [2.75, 3.05) is 25.8 Å². The maximum atomic E-state index is 13.3. The highest BCUT2D eigenvalue weighted by atomic mass is 32.1. The molecular weight excluding hydrogens is 490 g/mol. The first-order valence-corrected chi connectivity index (χ1v) is 12.6. The first kappa shape index (κ1) is 24.3. The molecule has 2 amide bonds. The van der Waals surface area contributed by atoms with Crippen molar-refractivity contribution in [3.8, 4) is 28.5 Å². The predicted octanol–water partition coefficient (Wildman–Crippen LogP) is 4.76. The number of thiazole rings is 1. The van der Waals surface area contributed by atoms with Gasteiger partial charge >= 0.3 is 0 Å². The number of nitrogens with zero attached hydrogens (tertiary/aromatic N) is 2. The van der Waals surface area contributed by atoms with Gasteiger partial charge in [0.15, 0.2) is 11.5 Å². The summed E-state index contributed by atoms with van der Waals surface area (Å²) in [7, 11) is 1.62. The Balaban J connectivity index is 1.31. The van der Waals surface area contributed by atoms with Crippen LogP contribution in [0.25, 0.3) is 11.3 Å². The van der Waals surface area contributed by atoms with Gasteiger partial charge < -0.3 is 24.4 Å². The van der Waals surface area contributed by atoms with Gasteiger partial charge in [-0.15, -0.1) is 11.3 Å². The van der Waals surface area contributed by atoms with Crippen LogP contribution < -0.4 is 19.5 Å². The second kappa shape index (κ2) is 11.1. The Bertz CT molecular complexity index is 1390. The van der Waals surface area contributed by atoms with Crippen molar-refractivity contribution < 1.29 is 23.8 Å². The zero-order valence-electron chi connectivity index (χ0n) is 20.2. The normalized spacial score (nSPS) is 11.7. The molecule has 0 aliphatic carbocycles. The SMILES string of the molecule is COc1ccc(-c2csc(CN(CC(=O)Nc3ccc4c(c3)OCO4)C(=O)Cc3ccccc3)n2)cc1. The number of rotatable bonds is 9. The average Bonchev–Trinajstić information content (AvgIpc) is 3.58. The second-order valence-corrected chi connectivity index (χ2v) is 9.33. The molecule has 37 heavy (non-hydrogen) atoms. The standard InChI is InChI=1S/C28H25N3O5S/c1-34-22-10-7-20(8-11-22)23-17-37-27(30-23)16-31(28(33)13-19-5-3-2-4-6-19)15-26(32)29-21-9-12-24-25(14-21)36-18-35-24/h2-12,14,17H,13,15-16,18H2,1H3,(H,29,32). The molecule has 4 aromatic rings. The predicted molar refractivity (Wildman–Crippen MR) is 141 cm³/mol. The maximum absolute atomic E-state index is 13.3. The summed E-state index contributed by atoms with van der Waals surface area (Å²) in [6.45, 7) is 0.263. The van der Waals surface area contributed by atoms with Crippen molar-refractivity contribution in [2.45, 2.75) is 13.0 Å². The highest BCUT2D eigenvalue weighted by molar-refractivity contribution is 7.09. The topological polar surface area (TPSA) is 90.0 Å². The molecule has 1 N–H and O–H groups in total. The summed E-state index contributed by atoms with van der Waals surface area (Å²) in [6, 6.07) is 22.3. The van der Waals surface area contributed by atoms with Gasteiger partial charge in [0.25, 0.3) is 0 Å². The molecule has 0 unspecified atom stereocenters. The van der Waals surface area contributed by atoms with Gasteiger partial charge in [0, 0.05) is 22.7 Å². The molecule has 0 saturated heterocycles. The molecule has 5 rings (SSSR count). The lowest BCUT2D eigenvalue weighted by molar-refractivity contribution is -0.134. The Morgan fingerprint density at radius 2 is 1.81 bits per heavy atom.